The summed E-state index contributed by atoms with van der Waals surface area (Å²) in [6, 6.07) is 6.22. The first-order valence-corrected chi connectivity index (χ1v) is 6.19. The number of methoxy groups -OCH3 is 1. The maximum absolute atomic E-state index is 9.74. The Bertz CT molecular complexity index is 355. The Labute approximate surface area is 109 Å². The van der Waals surface area contributed by atoms with Crippen LogP contribution in [0.25, 0.3) is 0 Å². The minimum absolute atomic E-state index is 0.321. The normalized spacial score (nSPS) is 12.4. The van der Waals surface area contributed by atoms with Gasteiger partial charge >= 0.3 is 0 Å². The second-order valence-corrected chi connectivity index (χ2v) is 4.42. The van der Waals surface area contributed by atoms with Crippen molar-refractivity contribution < 1.29 is 14.6 Å². The molecule has 0 radical (unpaired) electrons. The number of hydrogen-bond donors (Lipinski definition) is 2. The van der Waals surface area contributed by atoms with Crippen molar-refractivity contribution in [2.75, 3.05) is 38.8 Å². The van der Waals surface area contributed by atoms with E-state index < -0.39 is 6.10 Å². The van der Waals surface area contributed by atoms with E-state index >= 15 is 0 Å². The molecule has 0 saturated carbocycles. The third kappa shape index (κ3) is 5.49. The number of aliphatic hydroxyl groups excluding tert-OH is 1. The third-order valence-electron chi connectivity index (χ3n) is 2.66. The Morgan fingerprint density at radius 2 is 2.06 bits per heavy atom. The number of benzene rings is 1. The zero-order valence-electron chi connectivity index (χ0n) is 11.4. The van der Waals surface area contributed by atoms with Gasteiger partial charge in [0.25, 0.3) is 0 Å². The van der Waals surface area contributed by atoms with Crippen LogP contribution in [0.5, 0.6) is 0 Å². The number of nitrogens with one attached hydrogen (secondary N) is 1. The van der Waals surface area contributed by atoms with Gasteiger partial charge < -0.3 is 19.9 Å². The minimum Gasteiger partial charge on any atom is -0.389 e. The highest BCUT2D eigenvalue weighted by atomic mass is 16.5. The molecule has 0 heterocycles. The van der Waals surface area contributed by atoms with Crippen molar-refractivity contribution in [1.29, 1.82) is 0 Å². The summed E-state index contributed by atoms with van der Waals surface area (Å²) in [6.45, 7) is 5.96. The van der Waals surface area contributed by atoms with E-state index in [2.05, 4.69) is 30.4 Å². The summed E-state index contributed by atoms with van der Waals surface area (Å²) in [5.74, 6) is 0. The molecular weight excluding hydrogens is 230 g/mol. The fraction of sp³-hybridized carbons (Fsp3) is 0.571. The van der Waals surface area contributed by atoms with Crippen LogP contribution in [0.15, 0.2) is 18.2 Å². The summed E-state index contributed by atoms with van der Waals surface area (Å²) in [5.41, 5.74) is 3.44. The monoisotopic (exact) mass is 253 g/mol. The van der Waals surface area contributed by atoms with Crippen LogP contribution in [-0.4, -0.2) is 44.7 Å². The quantitative estimate of drug-likeness (QED) is 0.693. The smallest absolute Gasteiger partial charge is 0.0945 e. The Kier molecular flexibility index (Phi) is 6.72. The Hall–Kier alpha value is -1.10. The van der Waals surface area contributed by atoms with Crippen molar-refractivity contribution in [2.24, 2.45) is 0 Å². The van der Waals surface area contributed by atoms with Crippen molar-refractivity contribution in [3.63, 3.8) is 0 Å². The van der Waals surface area contributed by atoms with E-state index in [0.29, 0.717) is 26.4 Å². The molecule has 0 aliphatic rings. The first kappa shape index (κ1) is 15.0. The van der Waals surface area contributed by atoms with Crippen molar-refractivity contribution >= 4 is 5.69 Å². The average Bonchev–Trinajstić information content (AvgIpc) is 2.36. The molecule has 0 saturated heterocycles. The molecule has 0 spiro atoms. The molecule has 0 aromatic heterocycles. The fourth-order valence-electron chi connectivity index (χ4n) is 1.57. The van der Waals surface area contributed by atoms with Crippen LogP contribution >= 0.6 is 0 Å². The van der Waals surface area contributed by atoms with Crippen molar-refractivity contribution in [3.05, 3.63) is 29.3 Å². The number of aryl methyl sites for hydroxylation is 2. The van der Waals surface area contributed by atoms with Gasteiger partial charge in [-0.1, -0.05) is 12.1 Å². The van der Waals surface area contributed by atoms with Gasteiger partial charge in [-0.2, -0.15) is 0 Å². The molecule has 4 heteroatoms. The molecule has 1 aromatic carbocycles. The van der Waals surface area contributed by atoms with Crippen molar-refractivity contribution in [1.82, 2.24) is 0 Å². The molecular formula is C14H23NO3. The van der Waals surface area contributed by atoms with Gasteiger partial charge in [0.1, 0.15) is 0 Å². The van der Waals surface area contributed by atoms with Crippen LogP contribution in [0.3, 0.4) is 0 Å². The molecule has 0 fully saturated rings. The van der Waals surface area contributed by atoms with Crippen LogP contribution < -0.4 is 5.32 Å². The molecule has 1 rings (SSSR count). The lowest BCUT2D eigenvalue weighted by Gasteiger charge is -2.15. The first-order chi connectivity index (χ1) is 8.63. The van der Waals surface area contributed by atoms with E-state index in [-0.39, 0.29) is 0 Å². The second-order valence-electron chi connectivity index (χ2n) is 4.42. The lowest BCUT2D eigenvalue weighted by Crippen LogP contribution is -2.25. The van der Waals surface area contributed by atoms with E-state index in [1.165, 1.54) is 11.1 Å². The van der Waals surface area contributed by atoms with E-state index in [9.17, 15) is 5.11 Å². The maximum Gasteiger partial charge on any atom is 0.0945 e. The van der Waals surface area contributed by atoms with E-state index in [1.807, 2.05) is 6.92 Å². The molecule has 2 N–H and O–H groups in total. The lowest BCUT2D eigenvalue weighted by molar-refractivity contribution is 0.0182. The number of ether oxygens (including phenoxy) is 2. The molecule has 0 bridgehead atoms. The highest BCUT2D eigenvalue weighted by Crippen LogP contribution is 2.16. The van der Waals surface area contributed by atoms with Crippen LogP contribution in [0, 0.1) is 13.8 Å². The minimum atomic E-state index is -0.512. The molecule has 1 atom stereocenters. The van der Waals surface area contributed by atoms with E-state index in [1.54, 1.807) is 7.11 Å². The highest BCUT2D eigenvalue weighted by molar-refractivity contribution is 5.52. The SMILES string of the molecule is COCCOCC(O)CNc1cc(C)ccc1C. The van der Waals surface area contributed by atoms with Crippen LogP contribution in [0.2, 0.25) is 0 Å². The Balaban J connectivity index is 2.29. The Morgan fingerprint density at radius 3 is 2.78 bits per heavy atom. The van der Waals surface area contributed by atoms with Gasteiger partial charge in [0.05, 0.1) is 25.9 Å². The molecule has 18 heavy (non-hydrogen) atoms. The number of rotatable bonds is 8. The zero-order chi connectivity index (χ0) is 13.4. The molecule has 0 amide bonds. The van der Waals surface area contributed by atoms with Crippen LogP contribution in [0.4, 0.5) is 5.69 Å². The topological polar surface area (TPSA) is 50.7 Å². The summed E-state index contributed by atoms with van der Waals surface area (Å²) in [4.78, 5) is 0. The van der Waals surface area contributed by atoms with Crippen LogP contribution in [0.1, 0.15) is 11.1 Å². The van der Waals surface area contributed by atoms with Crippen molar-refractivity contribution in [3.8, 4) is 0 Å². The van der Waals surface area contributed by atoms with Gasteiger partial charge in [0.2, 0.25) is 0 Å². The van der Waals surface area contributed by atoms with Gasteiger partial charge in [-0.15, -0.1) is 0 Å². The predicted octanol–water partition coefficient (Wildman–Crippen LogP) is 1.74. The molecule has 102 valence electrons. The van der Waals surface area contributed by atoms with Gasteiger partial charge in [0.15, 0.2) is 0 Å². The lowest BCUT2D eigenvalue weighted by atomic mass is 10.1. The second kappa shape index (κ2) is 8.08. The van der Waals surface area contributed by atoms with Gasteiger partial charge in [-0.3, -0.25) is 0 Å². The summed E-state index contributed by atoms with van der Waals surface area (Å²) in [5, 5.41) is 13.0. The molecule has 4 nitrogen and oxygen atoms in total. The van der Waals surface area contributed by atoms with Gasteiger partial charge in [-0.05, 0) is 31.0 Å². The average molecular weight is 253 g/mol. The number of aliphatic hydroxyl groups is 1. The number of hydrogen-bond acceptors (Lipinski definition) is 4. The summed E-state index contributed by atoms with van der Waals surface area (Å²) >= 11 is 0. The third-order valence-corrected chi connectivity index (χ3v) is 2.66. The van der Waals surface area contributed by atoms with Crippen LogP contribution in [-0.2, 0) is 9.47 Å². The maximum atomic E-state index is 9.74. The van der Waals surface area contributed by atoms with E-state index in [0.717, 1.165) is 5.69 Å². The standard InChI is InChI=1S/C14H23NO3/c1-11-4-5-12(2)14(8-11)15-9-13(16)10-18-7-6-17-3/h4-5,8,13,15-16H,6-7,9-10H2,1-3H3. The van der Waals surface area contributed by atoms with Gasteiger partial charge in [-0.25, -0.2) is 0 Å². The summed E-state index contributed by atoms with van der Waals surface area (Å²) in [6.07, 6.45) is -0.512. The zero-order valence-corrected chi connectivity index (χ0v) is 11.4. The first-order valence-electron chi connectivity index (χ1n) is 6.19. The fourth-order valence-corrected chi connectivity index (χ4v) is 1.57. The molecule has 0 aliphatic heterocycles. The molecule has 1 aromatic rings. The largest absolute Gasteiger partial charge is 0.389 e. The predicted molar refractivity (Wildman–Crippen MR) is 73.1 cm³/mol. The highest BCUT2D eigenvalue weighted by Gasteiger charge is 2.05. The summed E-state index contributed by atoms with van der Waals surface area (Å²) < 4.78 is 10.1. The molecule has 0 aliphatic carbocycles. The van der Waals surface area contributed by atoms with E-state index in [4.69, 9.17) is 9.47 Å². The molecule has 1 unspecified atom stereocenters. The number of anilines is 1. The summed E-state index contributed by atoms with van der Waals surface area (Å²) in [7, 11) is 1.63. The van der Waals surface area contributed by atoms with Gasteiger partial charge in [0, 0.05) is 19.3 Å². The Morgan fingerprint density at radius 1 is 1.28 bits per heavy atom. The van der Waals surface area contributed by atoms with Crippen molar-refractivity contribution in [2.45, 2.75) is 20.0 Å².